The number of ether oxygens (including phenoxy) is 1. The number of aromatic nitrogens is 1. The summed E-state index contributed by atoms with van der Waals surface area (Å²) in [4.78, 5) is 23.9. The Balaban J connectivity index is 2.20. The fraction of sp³-hybridized carbons (Fsp3) is 0.294. The Morgan fingerprint density at radius 3 is 2.52 bits per heavy atom. The van der Waals surface area contributed by atoms with Gasteiger partial charge in [-0.2, -0.15) is 0 Å². The average Bonchev–Trinajstić information content (AvgIpc) is 2.56. The zero-order valence-corrected chi connectivity index (χ0v) is 13.4. The van der Waals surface area contributed by atoms with Crippen molar-refractivity contribution in [2.75, 3.05) is 7.11 Å². The number of nitrogens with one attached hydrogen (secondary N) is 1. The van der Waals surface area contributed by atoms with E-state index in [1.165, 1.54) is 6.07 Å². The first-order valence-electron chi connectivity index (χ1n) is 7.32. The van der Waals surface area contributed by atoms with Crippen LogP contribution in [0.2, 0.25) is 0 Å². The maximum Gasteiger partial charge on any atom is 0.251 e. The second kappa shape index (κ2) is 7.00. The standard InChI is InChI=1S/C17H20N2O4/c1-4-19-11(2)9-15(20)16(21)14(19)10-18-17(22)12-5-7-13(23-3)8-6-12/h5-9,21H,4,10H2,1-3H3,(H,18,22). The van der Waals surface area contributed by atoms with Crippen molar-refractivity contribution in [3.63, 3.8) is 0 Å². The smallest absolute Gasteiger partial charge is 0.251 e. The van der Waals surface area contributed by atoms with E-state index in [0.717, 1.165) is 5.69 Å². The van der Waals surface area contributed by atoms with Crippen molar-refractivity contribution < 1.29 is 14.6 Å². The van der Waals surface area contributed by atoms with Crippen LogP contribution in [-0.2, 0) is 13.1 Å². The van der Waals surface area contributed by atoms with Gasteiger partial charge in [-0.05, 0) is 38.1 Å². The van der Waals surface area contributed by atoms with Crippen LogP contribution in [0.1, 0.15) is 28.7 Å². The molecule has 2 rings (SSSR count). The number of carbonyl (C=O) groups excluding carboxylic acids is 1. The van der Waals surface area contributed by atoms with Gasteiger partial charge in [0.1, 0.15) is 5.75 Å². The number of pyridine rings is 1. The Morgan fingerprint density at radius 1 is 1.30 bits per heavy atom. The van der Waals surface area contributed by atoms with E-state index in [-0.39, 0.29) is 18.2 Å². The molecule has 0 fully saturated rings. The SMILES string of the molecule is CCn1c(C)cc(=O)c(O)c1CNC(=O)c1ccc(OC)cc1. The fourth-order valence-corrected chi connectivity index (χ4v) is 2.45. The summed E-state index contributed by atoms with van der Waals surface area (Å²) in [6.07, 6.45) is 0. The van der Waals surface area contributed by atoms with Crippen molar-refractivity contribution in [1.82, 2.24) is 9.88 Å². The number of hydrogen-bond acceptors (Lipinski definition) is 4. The van der Waals surface area contributed by atoms with Gasteiger partial charge < -0.3 is 19.7 Å². The quantitative estimate of drug-likeness (QED) is 0.882. The van der Waals surface area contributed by atoms with Crippen LogP contribution in [0.25, 0.3) is 0 Å². The summed E-state index contributed by atoms with van der Waals surface area (Å²) >= 11 is 0. The van der Waals surface area contributed by atoms with E-state index < -0.39 is 5.43 Å². The van der Waals surface area contributed by atoms with E-state index in [1.807, 2.05) is 6.92 Å². The van der Waals surface area contributed by atoms with E-state index in [2.05, 4.69) is 5.32 Å². The van der Waals surface area contributed by atoms with Crippen LogP contribution in [0.15, 0.2) is 35.1 Å². The van der Waals surface area contributed by atoms with Crippen molar-refractivity contribution in [3.8, 4) is 11.5 Å². The number of carbonyl (C=O) groups is 1. The molecule has 0 radical (unpaired) electrons. The van der Waals surface area contributed by atoms with Gasteiger partial charge in [0, 0.05) is 23.9 Å². The molecule has 1 amide bonds. The van der Waals surface area contributed by atoms with Crippen LogP contribution in [0.3, 0.4) is 0 Å². The zero-order chi connectivity index (χ0) is 17.0. The van der Waals surface area contributed by atoms with Crippen LogP contribution < -0.4 is 15.5 Å². The molecule has 1 aromatic carbocycles. The van der Waals surface area contributed by atoms with Gasteiger partial charge in [0.15, 0.2) is 5.75 Å². The summed E-state index contributed by atoms with van der Waals surface area (Å²) in [6, 6.07) is 8.07. The zero-order valence-electron chi connectivity index (χ0n) is 13.4. The second-order valence-electron chi connectivity index (χ2n) is 5.10. The maximum absolute atomic E-state index is 12.2. The number of amides is 1. The number of hydrogen-bond donors (Lipinski definition) is 2. The minimum absolute atomic E-state index is 0.0709. The van der Waals surface area contributed by atoms with Crippen LogP contribution in [0, 0.1) is 6.92 Å². The molecule has 0 unspecified atom stereocenters. The topological polar surface area (TPSA) is 80.6 Å². The fourth-order valence-electron chi connectivity index (χ4n) is 2.45. The minimum Gasteiger partial charge on any atom is -0.503 e. The molecule has 0 aliphatic rings. The molecule has 0 aliphatic carbocycles. The predicted molar refractivity (Wildman–Crippen MR) is 86.9 cm³/mol. The molecule has 0 atom stereocenters. The monoisotopic (exact) mass is 316 g/mol. The summed E-state index contributed by atoms with van der Waals surface area (Å²) in [6.45, 7) is 4.36. The van der Waals surface area contributed by atoms with Gasteiger partial charge in [-0.15, -0.1) is 0 Å². The first kappa shape index (κ1) is 16.6. The highest BCUT2D eigenvalue weighted by molar-refractivity contribution is 5.94. The first-order chi connectivity index (χ1) is 11.0. The average molecular weight is 316 g/mol. The molecular weight excluding hydrogens is 296 g/mol. The third-order valence-corrected chi connectivity index (χ3v) is 3.68. The lowest BCUT2D eigenvalue weighted by Crippen LogP contribution is -2.27. The van der Waals surface area contributed by atoms with Crippen LogP contribution in [-0.4, -0.2) is 22.7 Å². The van der Waals surface area contributed by atoms with Crippen molar-refractivity contribution >= 4 is 5.91 Å². The minimum atomic E-state index is -0.444. The highest BCUT2D eigenvalue weighted by Gasteiger charge is 2.14. The van der Waals surface area contributed by atoms with Gasteiger partial charge in [0.2, 0.25) is 5.43 Å². The lowest BCUT2D eigenvalue weighted by molar-refractivity contribution is 0.0949. The van der Waals surface area contributed by atoms with E-state index in [9.17, 15) is 14.7 Å². The molecule has 0 saturated heterocycles. The number of nitrogens with zero attached hydrogens (tertiary/aromatic N) is 1. The summed E-state index contributed by atoms with van der Waals surface area (Å²) < 4.78 is 6.84. The van der Waals surface area contributed by atoms with Gasteiger partial charge in [-0.25, -0.2) is 0 Å². The molecule has 6 heteroatoms. The third kappa shape index (κ3) is 3.53. The number of benzene rings is 1. The number of aryl methyl sites for hydroxylation is 1. The molecule has 0 spiro atoms. The molecule has 1 heterocycles. The normalized spacial score (nSPS) is 10.4. The van der Waals surface area contributed by atoms with E-state index in [0.29, 0.717) is 23.6 Å². The van der Waals surface area contributed by atoms with Crippen molar-refractivity contribution in [3.05, 3.63) is 57.5 Å². The molecule has 2 aromatic rings. The third-order valence-electron chi connectivity index (χ3n) is 3.68. The van der Waals surface area contributed by atoms with Gasteiger partial charge in [-0.3, -0.25) is 9.59 Å². The second-order valence-corrected chi connectivity index (χ2v) is 5.10. The molecule has 0 saturated carbocycles. The van der Waals surface area contributed by atoms with Gasteiger partial charge in [0.05, 0.1) is 19.3 Å². The summed E-state index contributed by atoms with van der Waals surface area (Å²) in [5.74, 6) is 0.0499. The van der Waals surface area contributed by atoms with E-state index in [1.54, 1.807) is 42.9 Å². The molecule has 0 aliphatic heterocycles. The van der Waals surface area contributed by atoms with Gasteiger partial charge in [0.25, 0.3) is 5.91 Å². The Hall–Kier alpha value is -2.76. The van der Waals surface area contributed by atoms with Crippen LogP contribution in [0.5, 0.6) is 11.5 Å². The van der Waals surface area contributed by atoms with Gasteiger partial charge in [-0.1, -0.05) is 0 Å². The molecule has 1 aromatic heterocycles. The molecular formula is C17H20N2O4. The predicted octanol–water partition coefficient (Wildman–Crippen LogP) is 1.82. The summed E-state index contributed by atoms with van der Waals surface area (Å²) in [5.41, 5.74) is 1.17. The Labute approximate surface area is 134 Å². The number of methoxy groups -OCH3 is 1. The van der Waals surface area contributed by atoms with Crippen LogP contribution in [0.4, 0.5) is 0 Å². The van der Waals surface area contributed by atoms with Gasteiger partial charge >= 0.3 is 0 Å². The highest BCUT2D eigenvalue weighted by Crippen LogP contribution is 2.15. The molecule has 6 nitrogen and oxygen atoms in total. The van der Waals surface area contributed by atoms with E-state index >= 15 is 0 Å². The lowest BCUT2D eigenvalue weighted by atomic mass is 10.2. The Bertz CT molecular complexity index is 763. The van der Waals surface area contributed by atoms with Crippen molar-refractivity contribution in [1.29, 1.82) is 0 Å². The molecule has 2 N–H and O–H groups in total. The number of aromatic hydroxyl groups is 1. The highest BCUT2D eigenvalue weighted by atomic mass is 16.5. The largest absolute Gasteiger partial charge is 0.503 e. The van der Waals surface area contributed by atoms with Crippen molar-refractivity contribution in [2.24, 2.45) is 0 Å². The Kier molecular flexibility index (Phi) is 5.05. The Morgan fingerprint density at radius 2 is 1.96 bits per heavy atom. The molecule has 122 valence electrons. The van der Waals surface area contributed by atoms with Crippen LogP contribution >= 0.6 is 0 Å². The van der Waals surface area contributed by atoms with E-state index in [4.69, 9.17) is 4.74 Å². The lowest BCUT2D eigenvalue weighted by Gasteiger charge is -2.16. The summed E-state index contributed by atoms with van der Waals surface area (Å²) in [5, 5.41) is 12.7. The van der Waals surface area contributed by atoms with Crippen molar-refractivity contribution in [2.45, 2.75) is 26.9 Å². The summed E-state index contributed by atoms with van der Waals surface area (Å²) in [7, 11) is 1.56. The first-order valence-corrected chi connectivity index (χ1v) is 7.32. The number of rotatable bonds is 5. The molecule has 0 bridgehead atoms. The molecule has 23 heavy (non-hydrogen) atoms. The maximum atomic E-state index is 12.2.